The first-order valence-corrected chi connectivity index (χ1v) is 11.5. The van der Waals surface area contributed by atoms with Crippen LogP contribution in [0.4, 0.5) is 5.69 Å². The summed E-state index contributed by atoms with van der Waals surface area (Å²) >= 11 is 3.40. The number of hydrogen-bond acceptors (Lipinski definition) is 4. The molecule has 2 aliphatic rings. The summed E-state index contributed by atoms with van der Waals surface area (Å²) in [6.45, 7) is 2.85. The maximum atomic E-state index is 13.0. The highest BCUT2D eigenvalue weighted by atomic mass is 79.9. The van der Waals surface area contributed by atoms with Gasteiger partial charge in [-0.3, -0.25) is 9.69 Å². The number of nitrogens with zero attached hydrogens (tertiary/aromatic N) is 2. The van der Waals surface area contributed by atoms with Crippen LogP contribution >= 0.6 is 15.9 Å². The highest BCUT2D eigenvalue weighted by Gasteiger charge is 2.49. The number of sulfone groups is 1. The van der Waals surface area contributed by atoms with Crippen molar-refractivity contribution in [2.75, 3.05) is 23.0 Å². The number of carbonyl (C=O) groups excluding carboxylic acids is 1. The summed E-state index contributed by atoms with van der Waals surface area (Å²) in [5, 5.41) is 0. The summed E-state index contributed by atoms with van der Waals surface area (Å²) in [6, 6.07) is 15.0. The Bertz CT molecular complexity index is 975. The first-order chi connectivity index (χ1) is 12.8. The molecule has 2 atom stereocenters. The van der Waals surface area contributed by atoms with E-state index in [1.807, 2.05) is 60.4 Å². The molecule has 0 aromatic heterocycles. The molecule has 2 heterocycles. The van der Waals surface area contributed by atoms with E-state index in [1.54, 1.807) is 4.90 Å². The summed E-state index contributed by atoms with van der Waals surface area (Å²) in [7, 11) is -3.18. The van der Waals surface area contributed by atoms with Gasteiger partial charge in [-0.25, -0.2) is 8.42 Å². The van der Waals surface area contributed by atoms with Crippen molar-refractivity contribution in [2.24, 2.45) is 0 Å². The Balaban J connectivity index is 1.68. The quantitative estimate of drug-likeness (QED) is 0.724. The molecule has 0 spiro atoms. The van der Waals surface area contributed by atoms with Crippen molar-refractivity contribution >= 4 is 37.4 Å². The van der Waals surface area contributed by atoms with Gasteiger partial charge in [-0.05, 0) is 42.3 Å². The number of aryl methyl sites for hydroxylation is 1. The number of anilines is 1. The summed E-state index contributed by atoms with van der Waals surface area (Å²) in [5.74, 6) is 0.0670. The predicted octanol–water partition coefficient (Wildman–Crippen LogP) is 2.77. The lowest BCUT2D eigenvalue weighted by molar-refractivity contribution is -0.123. The molecule has 2 saturated heterocycles. The molecule has 0 radical (unpaired) electrons. The van der Waals surface area contributed by atoms with Crippen molar-refractivity contribution < 1.29 is 13.2 Å². The van der Waals surface area contributed by atoms with Crippen molar-refractivity contribution in [3.63, 3.8) is 0 Å². The van der Waals surface area contributed by atoms with Crippen molar-refractivity contribution in [3.05, 3.63) is 64.1 Å². The number of fused-ring (bicyclic) bond motifs is 1. The van der Waals surface area contributed by atoms with Crippen LogP contribution in [0.25, 0.3) is 0 Å². The normalized spacial score (nSPS) is 24.8. The fourth-order valence-corrected chi connectivity index (χ4v) is 6.32. The number of piperazine rings is 1. The number of carbonyl (C=O) groups is 1. The van der Waals surface area contributed by atoms with Crippen molar-refractivity contribution in [2.45, 2.75) is 25.6 Å². The molecule has 4 rings (SSSR count). The Morgan fingerprint density at radius 2 is 1.70 bits per heavy atom. The zero-order valence-corrected chi connectivity index (χ0v) is 17.4. The zero-order valence-electron chi connectivity index (χ0n) is 15.0. The standard InChI is InChI=1S/C20H21BrN2O3S/c1-14-4-2-3-5-15(14)10-22-11-20(24)23(17-8-6-16(21)7-9-17)19-13-27(25,26)12-18(19)22/h2-9,18-19H,10-13H2,1H3/t18-,19+/m0/s1. The van der Waals surface area contributed by atoms with Crippen LogP contribution in [0, 0.1) is 6.92 Å². The van der Waals surface area contributed by atoms with E-state index in [0.717, 1.165) is 21.3 Å². The van der Waals surface area contributed by atoms with Gasteiger partial charge >= 0.3 is 0 Å². The minimum absolute atomic E-state index is 0.0176. The molecular formula is C20H21BrN2O3S. The average molecular weight is 449 g/mol. The van der Waals surface area contributed by atoms with Gasteiger partial charge < -0.3 is 4.90 Å². The van der Waals surface area contributed by atoms with Gasteiger partial charge in [0.25, 0.3) is 0 Å². The lowest BCUT2D eigenvalue weighted by Crippen LogP contribution is -2.61. The van der Waals surface area contributed by atoms with Gasteiger partial charge in [0.05, 0.1) is 24.1 Å². The van der Waals surface area contributed by atoms with Crippen LogP contribution in [-0.4, -0.2) is 49.4 Å². The third-order valence-electron chi connectivity index (χ3n) is 5.44. The van der Waals surface area contributed by atoms with E-state index in [1.165, 1.54) is 0 Å². The maximum Gasteiger partial charge on any atom is 0.241 e. The van der Waals surface area contributed by atoms with E-state index in [4.69, 9.17) is 0 Å². The van der Waals surface area contributed by atoms with Gasteiger partial charge in [-0.2, -0.15) is 0 Å². The molecule has 0 N–H and O–H groups in total. The summed E-state index contributed by atoms with van der Waals surface area (Å²) in [5.41, 5.74) is 3.04. The Kier molecular flexibility index (Phi) is 4.86. The van der Waals surface area contributed by atoms with Crippen LogP contribution < -0.4 is 4.90 Å². The number of benzene rings is 2. The van der Waals surface area contributed by atoms with Crippen LogP contribution in [0.15, 0.2) is 53.0 Å². The fourth-order valence-electron chi connectivity index (χ4n) is 4.07. The number of halogens is 1. The molecule has 0 saturated carbocycles. The number of hydrogen-bond donors (Lipinski definition) is 0. The number of rotatable bonds is 3. The molecule has 1 amide bonds. The van der Waals surface area contributed by atoms with Crippen molar-refractivity contribution in [1.29, 1.82) is 0 Å². The van der Waals surface area contributed by atoms with Crippen LogP contribution in [0.2, 0.25) is 0 Å². The molecule has 142 valence electrons. The largest absolute Gasteiger partial charge is 0.306 e. The molecule has 7 heteroatoms. The molecule has 2 fully saturated rings. The van der Waals surface area contributed by atoms with E-state index in [0.29, 0.717) is 6.54 Å². The topological polar surface area (TPSA) is 57.7 Å². The third-order valence-corrected chi connectivity index (χ3v) is 7.67. The minimum Gasteiger partial charge on any atom is -0.306 e. The lowest BCUT2D eigenvalue weighted by atomic mass is 10.0. The zero-order chi connectivity index (χ0) is 19.2. The van der Waals surface area contributed by atoms with Crippen LogP contribution in [0.3, 0.4) is 0 Å². The predicted molar refractivity (Wildman–Crippen MR) is 109 cm³/mol. The average Bonchev–Trinajstić information content (AvgIpc) is 2.93. The molecule has 2 aliphatic heterocycles. The molecule has 2 aromatic rings. The molecule has 5 nitrogen and oxygen atoms in total. The highest BCUT2D eigenvalue weighted by molar-refractivity contribution is 9.10. The van der Waals surface area contributed by atoms with Crippen LogP contribution in [0.5, 0.6) is 0 Å². The monoisotopic (exact) mass is 448 g/mol. The van der Waals surface area contributed by atoms with Crippen molar-refractivity contribution in [1.82, 2.24) is 4.90 Å². The van der Waals surface area contributed by atoms with E-state index in [2.05, 4.69) is 15.9 Å². The second-order valence-corrected chi connectivity index (χ2v) is 10.4. The highest BCUT2D eigenvalue weighted by Crippen LogP contribution is 2.33. The van der Waals surface area contributed by atoms with Crippen LogP contribution in [-0.2, 0) is 21.2 Å². The van der Waals surface area contributed by atoms with E-state index < -0.39 is 9.84 Å². The van der Waals surface area contributed by atoms with E-state index in [9.17, 15) is 13.2 Å². The van der Waals surface area contributed by atoms with Gasteiger partial charge in [0.1, 0.15) is 0 Å². The smallest absolute Gasteiger partial charge is 0.241 e. The van der Waals surface area contributed by atoms with Crippen molar-refractivity contribution in [3.8, 4) is 0 Å². The summed E-state index contributed by atoms with van der Waals surface area (Å²) in [4.78, 5) is 16.7. The van der Waals surface area contributed by atoms with Gasteiger partial charge in [-0.1, -0.05) is 40.2 Å². The van der Waals surface area contributed by atoms with Gasteiger partial charge in [0.15, 0.2) is 9.84 Å². The Hall–Kier alpha value is -1.70. The lowest BCUT2D eigenvalue weighted by Gasteiger charge is -2.43. The first kappa shape index (κ1) is 18.7. The summed E-state index contributed by atoms with van der Waals surface area (Å²) in [6.07, 6.45) is 0. The molecule has 0 bridgehead atoms. The second kappa shape index (κ2) is 7.04. The molecule has 27 heavy (non-hydrogen) atoms. The SMILES string of the molecule is Cc1ccccc1CN1CC(=O)N(c2ccc(Br)cc2)[C@@H]2CS(=O)(=O)C[C@@H]21. The molecule has 2 aromatic carbocycles. The van der Waals surface area contributed by atoms with Gasteiger partial charge in [-0.15, -0.1) is 0 Å². The molecular weight excluding hydrogens is 428 g/mol. The first-order valence-electron chi connectivity index (χ1n) is 8.91. The van der Waals surface area contributed by atoms with Crippen LogP contribution in [0.1, 0.15) is 11.1 Å². The fraction of sp³-hybridized carbons (Fsp3) is 0.350. The van der Waals surface area contributed by atoms with E-state index >= 15 is 0 Å². The minimum atomic E-state index is -3.18. The maximum absolute atomic E-state index is 13.0. The van der Waals surface area contributed by atoms with Gasteiger partial charge in [0, 0.05) is 22.7 Å². The Morgan fingerprint density at radius 1 is 1.04 bits per heavy atom. The molecule has 0 aliphatic carbocycles. The Labute approximate surface area is 168 Å². The number of amides is 1. The van der Waals surface area contributed by atoms with Gasteiger partial charge in [0.2, 0.25) is 5.91 Å². The van der Waals surface area contributed by atoms with E-state index in [-0.39, 0.29) is 36.0 Å². The molecule has 0 unspecified atom stereocenters. The Morgan fingerprint density at radius 3 is 2.41 bits per heavy atom. The second-order valence-electron chi connectivity index (χ2n) is 7.28. The summed E-state index contributed by atoms with van der Waals surface area (Å²) < 4.78 is 25.8. The third kappa shape index (κ3) is 3.68.